The van der Waals surface area contributed by atoms with Crippen LogP contribution in [0.3, 0.4) is 0 Å². The van der Waals surface area contributed by atoms with Crippen molar-refractivity contribution in [3.63, 3.8) is 0 Å². The van der Waals surface area contributed by atoms with Crippen molar-refractivity contribution in [3.8, 4) is 0 Å². The molecular weight excluding hydrogens is 394 g/mol. The molecule has 0 bridgehead atoms. The Labute approximate surface area is 182 Å². The van der Waals surface area contributed by atoms with Crippen molar-refractivity contribution in [3.05, 3.63) is 71.3 Å². The zero-order valence-electron chi connectivity index (χ0n) is 18.1. The highest BCUT2D eigenvalue weighted by Gasteiger charge is 2.46. The molecule has 0 radical (unpaired) electrons. The number of amides is 1. The van der Waals surface area contributed by atoms with Crippen molar-refractivity contribution in [2.75, 3.05) is 6.54 Å². The van der Waals surface area contributed by atoms with E-state index in [-0.39, 0.29) is 11.9 Å². The summed E-state index contributed by atoms with van der Waals surface area (Å²) in [5.74, 6) is -0.106. The zero-order valence-corrected chi connectivity index (χ0v) is 18.1. The van der Waals surface area contributed by atoms with Crippen LogP contribution in [0.5, 0.6) is 0 Å². The lowest BCUT2D eigenvalue weighted by Gasteiger charge is -2.45. The summed E-state index contributed by atoms with van der Waals surface area (Å²) in [6.07, 6.45) is 1.17. The highest BCUT2D eigenvalue weighted by Crippen LogP contribution is 2.42. The molecule has 0 spiro atoms. The maximum atomic E-state index is 13.1. The molecule has 0 saturated carbocycles. The van der Waals surface area contributed by atoms with E-state index >= 15 is 0 Å². The van der Waals surface area contributed by atoms with E-state index in [1.165, 1.54) is 0 Å². The summed E-state index contributed by atoms with van der Waals surface area (Å²) < 4.78 is 10.8. The number of nitrogens with one attached hydrogen (secondary N) is 2. The molecule has 3 rings (SSSR count). The Kier molecular flexibility index (Phi) is 6.45. The van der Waals surface area contributed by atoms with Gasteiger partial charge in [0.05, 0.1) is 11.6 Å². The summed E-state index contributed by atoms with van der Waals surface area (Å²) in [7, 11) is 0. The molecule has 1 aliphatic rings. The molecule has 2 aromatic rings. The Hall–Kier alpha value is -3.19. The van der Waals surface area contributed by atoms with Gasteiger partial charge in [-0.05, 0) is 44.0 Å². The van der Waals surface area contributed by atoms with Gasteiger partial charge in [0.15, 0.2) is 6.40 Å². The van der Waals surface area contributed by atoms with Crippen LogP contribution in [0.2, 0.25) is 0 Å². The van der Waals surface area contributed by atoms with Crippen LogP contribution in [-0.2, 0) is 15.1 Å². The summed E-state index contributed by atoms with van der Waals surface area (Å²) in [5.41, 5.74) is 0.456. The smallest absolute Gasteiger partial charge is 0.411 e. The number of cyclic esters (lactones) is 1. The zero-order chi connectivity index (χ0) is 22.6. The molecule has 164 valence electrons. The van der Waals surface area contributed by atoms with Crippen molar-refractivity contribution in [1.82, 2.24) is 4.90 Å². The Bertz CT molecular complexity index is 938. The van der Waals surface area contributed by atoms with Gasteiger partial charge in [-0.25, -0.2) is 4.79 Å². The Balaban J connectivity index is 1.80. The van der Waals surface area contributed by atoms with Gasteiger partial charge in [-0.3, -0.25) is 10.8 Å². The molecule has 1 aliphatic heterocycles. The molecule has 1 amide bonds. The van der Waals surface area contributed by atoms with E-state index in [1.807, 2.05) is 49.4 Å². The second kappa shape index (κ2) is 8.89. The van der Waals surface area contributed by atoms with Crippen LogP contribution in [0, 0.1) is 10.8 Å². The average molecular weight is 424 g/mol. The maximum absolute atomic E-state index is 13.1. The molecule has 1 heterocycles. The molecule has 31 heavy (non-hydrogen) atoms. The van der Waals surface area contributed by atoms with Gasteiger partial charge in [0, 0.05) is 24.9 Å². The van der Waals surface area contributed by atoms with Gasteiger partial charge < -0.3 is 19.5 Å². The molecule has 1 unspecified atom stereocenters. The quantitative estimate of drug-likeness (QED) is 0.447. The predicted octanol–water partition coefficient (Wildman–Crippen LogP) is 4.60. The Morgan fingerprint density at radius 2 is 1.90 bits per heavy atom. The number of rotatable bonds is 7. The molecule has 7 heteroatoms. The van der Waals surface area contributed by atoms with Crippen LogP contribution in [0.1, 0.15) is 56.3 Å². The van der Waals surface area contributed by atoms with Crippen molar-refractivity contribution >= 4 is 18.4 Å². The van der Waals surface area contributed by atoms with Gasteiger partial charge in [0.1, 0.15) is 5.60 Å². The summed E-state index contributed by atoms with van der Waals surface area (Å²) in [6, 6.07) is 16.5. The molecule has 7 nitrogen and oxygen atoms in total. The van der Waals surface area contributed by atoms with Gasteiger partial charge in [0.2, 0.25) is 5.90 Å². The number of carbonyl (C=O) groups is 1. The summed E-state index contributed by atoms with van der Waals surface area (Å²) in [4.78, 5) is 14.8. The van der Waals surface area contributed by atoms with E-state index in [1.54, 1.807) is 30.9 Å². The van der Waals surface area contributed by atoms with E-state index in [9.17, 15) is 9.90 Å². The molecule has 0 aliphatic carbocycles. The van der Waals surface area contributed by atoms with Gasteiger partial charge >= 0.3 is 6.09 Å². The highest BCUT2D eigenvalue weighted by molar-refractivity contribution is 5.95. The lowest BCUT2D eigenvalue weighted by Crippen LogP contribution is -2.51. The van der Waals surface area contributed by atoms with Crippen molar-refractivity contribution in [2.45, 2.75) is 50.9 Å². The third kappa shape index (κ3) is 5.11. The van der Waals surface area contributed by atoms with Gasteiger partial charge in [-0.1, -0.05) is 42.5 Å². The number of hydrogen-bond acceptors (Lipinski definition) is 6. The van der Waals surface area contributed by atoms with E-state index in [0.29, 0.717) is 24.9 Å². The molecule has 3 N–H and O–H groups in total. The van der Waals surface area contributed by atoms with Crippen molar-refractivity contribution in [2.24, 2.45) is 0 Å². The minimum absolute atomic E-state index is 0.106. The minimum atomic E-state index is -0.997. The molecule has 1 fully saturated rings. The van der Waals surface area contributed by atoms with Gasteiger partial charge in [0.25, 0.3) is 0 Å². The van der Waals surface area contributed by atoms with Crippen LogP contribution >= 0.6 is 0 Å². The molecule has 2 atom stereocenters. The van der Waals surface area contributed by atoms with Crippen LogP contribution in [-0.4, -0.2) is 40.5 Å². The predicted molar refractivity (Wildman–Crippen MR) is 118 cm³/mol. The number of hydrogen-bond donors (Lipinski definition) is 3. The standard InChI is InChI=1S/C24H29N3O4/c1-17(18-9-11-19(12-10-18)21(26)30-16-25)27-14-13-24(31-22(27)28,15-23(2,3)29)20-7-5-4-6-8-20/h4-12,16-17,25-26,29H,13-15H2,1-3H3/t17-,24?/m0/s1. The van der Waals surface area contributed by atoms with Crippen molar-refractivity contribution in [1.29, 1.82) is 10.8 Å². The molecule has 0 aromatic heterocycles. The molecular formula is C24H29N3O4. The summed E-state index contributed by atoms with van der Waals surface area (Å²) in [6.45, 7) is 5.87. The van der Waals surface area contributed by atoms with Crippen LogP contribution in [0.15, 0.2) is 54.6 Å². The number of aliphatic hydroxyl groups is 1. The number of benzene rings is 2. The van der Waals surface area contributed by atoms with Gasteiger partial charge in [-0.15, -0.1) is 0 Å². The fourth-order valence-corrected chi connectivity index (χ4v) is 4.11. The number of nitrogens with zero attached hydrogens (tertiary/aromatic N) is 1. The van der Waals surface area contributed by atoms with E-state index in [2.05, 4.69) is 0 Å². The fourth-order valence-electron chi connectivity index (χ4n) is 4.11. The average Bonchev–Trinajstić information content (AvgIpc) is 2.73. The second-order valence-corrected chi connectivity index (χ2v) is 8.52. The van der Waals surface area contributed by atoms with Crippen LogP contribution < -0.4 is 0 Å². The first-order chi connectivity index (χ1) is 14.6. The maximum Gasteiger partial charge on any atom is 0.411 e. The van der Waals surface area contributed by atoms with Crippen LogP contribution in [0.4, 0.5) is 4.79 Å². The van der Waals surface area contributed by atoms with Gasteiger partial charge in [-0.2, -0.15) is 0 Å². The van der Waals surface area contributed by atoms with Crippen molar-refractivity contribution < 1.29 is 19.4 Å². The SMILES string of the molecule is C[C@@H](c1ccc(C(=N)OC=N)cc1)N1CCC(CC(C)(C)O)(c2ccccc2)OC1=O. The third-order valence-electron chi connectivity index (χ3n) is 5.59. The number of carbonyl (C=O) groups excluding carboxylic acids is 1. The van der Waals surface area contributed by atoms with Crippen LogP contribution in [0.25, 0.3) is 0 Å². The fraction of sp³-hybridized carbons (Fsp3) is 0.375. The van der Waals surface area contributed by atoms with E-state index in [4.69, 9.17) is 20.3 Å². The third-order valence-corrected chi connectivity index (χ3v) is 5.59. The first-order valence-electron chi connectivity index (χ1n) is 10.3. The lowest BCUT2D eigenvalue weighted by atomic mass is 9.80. The minimum Gasteiger partial charge on any atom is -0.438 e. The van der Waals surface area contributed by atoms with E-state index in [0.717, 1.165) is 17.5 Å². The Morgan fingerprint density at radius 3 is 2.45 bits per heavy atom. The lowest BCUT2D eigenvalue weighted by molar-refractivity contribution is -0.101. The Morgan fingerprint density at radius 1 is 1.26 bits per heavy atom. The second-order valence-electron chi connectivity index (χ2n) is 8.52. The molecule has 2 aromatic carbocycles. The summed E-state index contributed by atoms with van der Waals surface area (Å²) in [5, 5.41) is 25.2. The van der Waals surface area contributed by atoms with E-state index < -0.39 is 17.3 Å². The highest BCUT2D eigenvalue weighted by atomic mass is 16.6. The largest absolute Gasteiger partial charge is 0.438 e. The summed E-state index contributed by atoms with van der Waals surface area (Å²) >= 11 is 0. The monoisotopic (exact) mass is 423 g/mol. The topological polar surface area (TPSA) is 107 Å². The first kappa shape index (κ1) is 22.5. The normalized spacial score (nSPS) is 20.0. The molecule has 1 saturated heterocycles. The number of ether oxygens (including phenoxy) is 2. The first-order valence-corrected chi connectivity index (χ1v) is 10.3.